The standard InChI is InChI=1S/C29H21F2N5O2/c1-29(2,25-16-18(14-23(35-25)28(37)38)21-8-4-6-12-33-21)24-15-17(20-7-3-5-11-32-20)13-22(34-24)19-9-10-26(30)36-27(19)31/h3-16H,1-2H3,(H,37,38). The van der Waals surface area contributed by atoms with Crippen molar-refractivity contribution in [3.8, 4) is 33.8 Å². The summed E-state index contributed by atoms with van der Waals surface area (Å²) >= 11 is 0. The number of carbonyl (C=O) groups is 1. The summed E-state index contributed by atoms with van der Waals surface area (Å²) in [7, 11) is 0. The topological polar surface area (TPSA) is 102 Å². The van der Waals surface area contributed by atoms with Crippen molar-refractivity contribution in [1.82, 2.24) is 24.9 Å². The quantitative estimate of drug-likeness (QED) is 0.282. The summed E-state index contributed by atoms with van der Waals surface area (Å²) in [5.41, 5.74) is 2.47. The lowest BCUT2D eigenvalue weighted by atomic mass is 9.82. The van der Waals surface area contributed by atoms with E-state index in [4.69, 9.17) is 4.98 Å². The van der Waals surface area contributed by atoms with E-state index in [2.05, 4.69) is 19.9 Å². The normalized spacial score (nSPS) is 11.4. The lowest BCUT2D eigenvalue weighted by molar-refractivity contribution is 0.0690. The van der Waals surface area contributed by atoms with Crippen LogP contribution in [0, 0.1) is 11.9 Å². The first-order valence-electron chi connectivity index (χ1n) is 11.7. The lowest BCUT2D eigenvalue weighted by Gasteiger charge is -2.26. The van der Waals surface area contributed by atoms with Crippen LogP contribution in [-0.2, 0) is 5.41 Å². The zero-order valence-electron chi connectivity index (χ0n) is 20.4. The second-order valence-electron chi connectivity index (χ2n) is 9.09. The van der Waals surface area contributed by atoms with Gasteiger partial charge in [0.25, 0.3) is 0 Å². The lowest BCUT2D eigenvalue weighted by Crippen LogP contribution is -2.24. The summed E-state index contributed by atoms with van der Waals surface area (Å²) < 4.78 is 28.2. The van der Waals surface area contributed by atoms with Crippen LogP contribution in [-0.4, -0.2) is 36.0 Å². The van der Waals surface area contributed by atoms with Gasteiger partial charge in [-0.3, -0.25) is 15.0 Å². The van der Waals surface area contributed by atoms with Gasteiger partial charge in [0, 0.05) is 28.9 Å². The molecule has 0 aliphatic carbocycles. The van der Waals surface area contributed by atoms with Gasteiger partial charge in [0.05, 0.1) is 34.0 Å². The van der Waals surface area contributed by atoms with Gasteiger partial charge < -0.3 is 5.11 Å². The number of pyridine rings is 5. The molecule has 38 heavy (non-hydrogen) atoms. The molecule has 5 aromatic rings. The fourth-order valence-electron chi connectivity index (χ4n) is 4.05. The summed E-state index contributed by atoms with van der Waals surface area (Å²) in [6.07, 6.45) is 3.26. The molecule has 5 heterocycles. The summed E-state index contributed by atoms with van der Waals surface area (Å²) in [4.78, 5) is 33.1. The number of hydrogen-bond acceptors (Lipinski definition) is 6. The first-order chi connectivity index (χ1) is 18.2. The summed E-state index contributed by atoms with van der Waals surface area (Å²) in [6, 6.07) is 19.8. The van der Waals surface area contributed by atoms with E-state index in [1.807, 2.05) is 26.0 Å². The Morgan fingerprint density at radius 1 is 0.737 bits per heavy atom. The molecule has 0 amide bonds. The van der Waals surface area contributed by atoms with Gasteiger partial charge in [-0.1, -0.05) is 12.1 Å². The molecule has 0 saturated carbocycles. The molecule has 0 spiro atoms. The third-order valence-electron chi connectivity index (χ3n) is 6.16. The highest BCUT2D eigenvalue weighted by Gasteiger charge is 2.30. The molecule has 5 aromatic heterocycles. The molecule has 0 saturated heterocycles. The van der Waals surface area contributed by atoms with Crippen LogP contribution >= 0.6 is 0 Å². The SMILES string of the molecule is CC(C)(c1cc(-c2ccccn2)cc(C(=O)O)n1)c1cc(-c2ccccn2)cc(-c2ccc(F)nc2F)n1. The molecule has 0 aliphatic heterocycles. The van der Waals surface area contributed by atoms with E-state index in [0.29, 0.717) is 33.9 Å². The van der Waals surface area contributed by atoms with Crippen molar-refractivity contribution >= 4 is 5.97 Å². The van der Waals surface area contributed by atoms with E-state index in [1.165, 1.54) is 12.1 Å². The second kappa shape index (κ2) is 9.85. The Labute approximate surface area is 217 Å². The molecule has 0 bridgehead atoms. The summed E-state index contributed by atoms with van der Waals surface area (Å²) in [6.45, 7) is 3.69. The summed E-state index contributed by atoms with van der Waals surface area (Å²) in [5.74, 6) is -3.12. The Bertz CT molecular complexity index is 1640. The van der Waals surface area contributed by atoms with E-state index in [9.17, 15) is 18.7 Å². The third-order valence-corrected chi connectivity index (χ3v) is 6.16. The van der Waals surface area contributed by atoms with Crippen molar-refractivity contribution < 1.29 is 18.7 Å². The minimum atomic E-state index is -1.19. The van der Waals surface area contributed by atoms with Gasteiger partial charge in [-0.15, -0.1) is 0 Å². The Balaban J connectivity index is 1.72. The van der Waals surface area contributed by atoms with Crippen molar-refractivity contribution in [2.75, 3.05) is 0 Å². The molecular weight excluding hydrogens is 488 g/mol. The van der Waals surface area contributed by atoms with Gasteiger partial charge in [-0.2, -0.15) is 13.8 Å². The van der Waals surface area contributed by atoms with E-state index in [1.54, 1.807) is 54.9 Å². The Kier molecular flexibility index (Phi) is 6.42. The predicted octanol–water partition coefficient (Wildman–Crippen LogP) is 5.96. The van der Waals surface area contributed by atoms with Crippen LogP contribution in [0.2, 0.25) is 0 Å². The molecule has 0 atom stereocenters. The van der Waals surface area contributed by atoms with Crippen LogP contribution in [0.15, 0.2) is 85.2 Å². The molecule has 188 valence electrons. The molecule has 0 aliphatic rings. The first kappa shape index (κ1) is 24.8. The number of aromatic carboxylic acids is 1. The van der Waals surface area contributed by atoms with E-state index >= 15 is 0 Å². The average molecular weight is 510 g/mol. The highest BCUT2D eigenvalue weighted by Crippen LogP contribution is 2.36. The number of aromatic nitrogens is 5. The molecule has 5 rings (SSSR count). The van der Waals surface area contributed by atoms with E-state index in [-0.39, 0.29) is 17.0 Å². The van der Waals surface area contributed by atoms with Crippen molar-refractivity contribution in [2.24, 2.45) is 0 Å². The first-order valence-corrected chi connectivity index (χ1v) is 11.7. The largest absolute Gasteiger partial charge is 0.477 e. The number of carboxylic acid groups (broad SMARTS) is 1. The van der Waals surface area contributed by atoms with E-state index in [0.717, 1.165) is 6.07 Å². The van der Waals surface area contributed by atoms with Crippen LogP contribution < -0.4 is 0 Å². The highest BCUT2D eigenvalue weighted by molar-refractivity contribution is 5.87. The van der Waals surface area contributed by atoms with Crippen molar-refractivity contribution in [3.05, 3.63) is 114 Å². The van der Waals surface area contributed by atoms with Crippen LogP contribution in [0.25, 0.3) is 33.8 Å². The van der Waals surface area contributed by atoms with Gasteiger partial charge in [-0.05, 0) is 74.5 Å². The Hall–Kier alpha value is -4.92. The maximum atomic E-state index is 14.7. The van der Waals surface area contributed by atoms with Gasteiger partial charge in [0.1, 0.15) is 5.69 Å². The Morgan fingerprint density at radius 2 is 1.34 bits per heavy atom. The molecule has 9 heteroatoms. The average Bonchev–Trinajstić information content (AvgIpc) is 2.93. The van der Waals surface area contributed by atoms with Gasteiger partial charge in [0.15, 0.2) is 0 Å². The van der Waals surface area contributed by atoms with Crippen LogP contribution in [0.5, 0.6) is 0 Å². The molecule has 0 unspecified atom stereocenters. The summed E-state index contributed by atoms with van der Waals surface area (Å²) in [5, 5.41) is 9.77. The molecule has 0 radical (unpaired) electrons. The smallest absolute Gasteiger partial charge is 0.354 e. The number of halogens is 2. The zero-order chi connectivity index (χ0) is 26.9. The molecule has 1 N–H and O–H groups in total. The molecular formula is C29H21F2N5O2. The van der Waals surface area contributed by atoms with Crippen LogP contribution in [0.4, 0.5) is 8.78 Å². The third kappa shape index (κ3) is 4.86. The van der Waals surface area contributed by atoms with Crippen molar-refractivity contribution in [2.45, 2.75) is 19.3 Å². The van der Waals surface area contributed by atoms with E-state index < -0.39 is 23.3 Å². The fourth-order valence-corrected chi connectivity index (χ4v) is 4.05. The maximum absolute atomic E-state index is 14.7. The van der Waals surface area contributed by atoms with Crippen LogP contribution in [0.3, 0.4) is 0 Å². The maximum Gasteiger partial charge on any atom is 0.354 e. The molecule has 7 nitrogen and oxygen atoms in total. The Morgan fingerprint density at radius 3 is 1.89 bits per heavy atom. The van der Waals surface area contributed by atoms with Crippen molar-refractivity contribution in [1.29, 1.82) is 0 Å². The minimum Gasteiger partial charge on any atom is -0.477 e. The zero-order valence-corrected chi connectivity index (χ0v) is 20.4. The van der Waals surface area contributed by atoms with Gasteiger partial charge in [-0.25, -0.2) is 9.78 Å². The van der Waals surface area contributed by atoms with Gasteiger partial charge in [0.2, 0.25) is 11.9 Å². The fraction of sp³-hybridized carbons (Fsp3) is 0.103. The number of hydrogen-bond donors (Lipinski definition) is 1. The monoisotopic (exact) mass is 509 g/mol. The second-order valence-corrected chi connectivity index (χ2v) is 9.09. The molecule has 0 fully saturated rings. The van der Waals surface area contributed by atoms with Gasteiger partial charge >= 0.3 is 5.97 Å². The predicted molar refractivity (Wildman–Crippen MR) is 137 cm³/mol. The number of carboxylic acids is 1. The number of nitrogens with zero attached hydrogens (tertiary/aromatic N) is 5. The minimum absolute atomic E-state index is 0.0163. The highest BCUT2D eigenvalue weighted by atomic mass is 19.1. The van der Waals surface area contributed by atoms with Crippen molar-refractivity contribution in [3.63, 3.8) is 0 Å². The molecule has 0 aromatic carbocycles. The number of rotatable bonds is 6. The van der Waals surface area contributed by atoms with Crippen LogP contribution in [0.1, 0.15) is 35.7 Å².